The van der Waals surface area contributed by atoms with E-state index in [1.54, 1.807) is 41.0 Å². The summed E-state index contributed by atoms with van der Waals surface area (Å²) >= 11 is 0. The van der Waals surface area contributed by atoms with Crippen LogP contribution in [0.3, 0.4) is 0 Å². The van der Waals surface area contributed by atoms with Crippen molar-refractivity contribution >= 4 is 17.5 Å². The maximum atomic E-state index is 12.4. The number of phenols is 1. The number of para-hydroxylation sites is 2. The molecule has 2 aromatic rings. The second kappa shape index (κ2) is 11.2. The molecule has 2 aromatic carbocycles. The predicted molar refractivity (Wildman–Crippen MR) is 119 cm³/mol. The van der Waals surface area contributed by atoms with Gasteiger partial charge in [-0.1, -0.05) is 12.1 Å². The highest BCUT2D eigenvalue weighted by Gasteiger charge is 2.24. The maximum Gasteiger partial charge on any atom is 0.272 e. The summed E-state index contributed by atoms with van der Waals surface area (Å²) in [6.07, 6.45) is 0.364. The Morgan fingerprint density at radius 2 is 1.55 bits per heavy atom. The van der Waals surface area contributed by atoms with Gasteiger partial charge in [-0.3, -0.25) is 19.7 Å². The molecular formula is C23H27N3O7. The van der Waals surface area contributed by atoms with E-state index in [-0.39, 0.29) is 49.3 Å². The van der Waals surface area contributed by atoms with Crippen LogP contribution in [0.4, 0.5) is 5.69 Å². The lowest BCUT2D eigenvalue weighted by molar-refractivity contribution is -0.385. The van der Waals surface area contributed by atoms with Crippen molar-refractivity contribution in [2.24, 2.45) is 0 Å². The van der Waals surface area contributed by atoms with E-state index in [1.165, 1.54) is 18.2 Å². The molecule has 176 valence electrons. The average molecular weight is 457 g/mol. The second-order valence-corrected chi connectivity index (χ2v) is 7.63. The van der Waals surface area contributed by atoms with E-state index in [0.29, 0.717) is 43.2 Å². The van der Waals surface area contributed by atoms with Crippen LogP contribution in [-0.4, -0.2) is 71.0 Å². The Labute approximate surface area is 191 Å². The number of hydrogen-bond donors (Lipinski definition) is 1. The van der Waals surface area contributed by atoms with Crippen LogP contribution in [0, 0.1) is 17.0 Å². The normalized spacial score (nSPS) is 13.5. The number of carbonyl (C=O) groups is 2. The number of hydrogen-bond acceptors (Lipinski definition) is 7. The molecule has 0 radical (unpaired) electrons. The minimum atomic E-state index is -0.450. The van der Waals surface area contributed by atoms with Gasteiger partial charge in [-0.25, -0.2) is 0 Å². The van der Waals surface area contributed by atoms with Crippen LogP contribution < -0.4 is 9.47 Å². The molecule has 1 saturated heterocycles. The number of rotatable bonds is 9. The highest BCUT2D eigenvalue weighted by atomic mass is 16.6. The molecule has 10 heteroatoms. The molecule has 2 amide bonds. The molecule has 3 rings (SSSR count). The van der Waals surface area contributed by atoms with Gasteiger partial charge in [-0.15, -0.1) is 0 Å². The third-order valence-corrected chi connectivity index (χ3v) is 5.37. The maximum absolute atomic E-state index is 12.4. The zero-order valence-electron chi connectivity index (χ0n) is 18.4. The number of piperazine rings is 1. The lowest BCUT2D eigenvalue weighted by Gasteiger charge is -2.35. The average Bonchev–Trinajstić information content (AvgIpc) is 2.80. The minimum absolute atomic E-state index is 0.0237. The number of nitrogens with zero attached hydrogens (tertiary/aromatic N) is 3. The highest BCUT2D eigenvalue weighted by molar-refractivity contribution is 5.78. The zero-order valence-corrected chi connectivity index (χ0v) is 18.4. The van der Waals surface area contributed by atoms with E-state index < -0.39 is 4.92 Å². The van der Waals surface area contributed by atoms with E-state index in [9.17, 15) is 24.8 Å². The summed E-state index contributed by atoms with van der Waals surface area (Å²) in [6.45, 7) is 3.75. The van der Waals surface area contributed by atoms with Crippen LogP contribution in [0.2, 0.25) is 0 Å². The molecule has 1 N–H and O–H groups in total. The van der Waals surface area contributed by atoms with E-state index in [4.69, 9.17) is 9.47 Å². The van der Waals surface area contributed by atoms with Gasteiger partial charge in [0.25, 0.3) is 5.69 Å². The summed E-state index contributed by atoms with van der Waals surface area (Å²) in [5.41, 5.74) is 0.520. The fraction of sp³-hybridized carbons (Fsp3) is 0.391. The van der Waals surface area contributed by atoms with E-state index in [2.05, 4.69) is 0 Å². The number of amides is 2. The second-order valence-electron chi connectivity index (χ2n) is 7.63. The van der Waals surface area contributed by atoms with Gasteiger partial charge >= 0.3 is 0 Å². The molecule has 0 spiro atoms. The fourth-order valence-electron chi connectivity index (χ4n) is 3.53. The Morgan fingerprint density at radius 1 is 0.970 bits per heavy atom. The summed E-state index contributed by atoms with van der Waals surface area (Å²) < 4.78 is 11.0. The van der Waals surface area contributed by atoms with Crippen molar-refractivity contribution in [1.29, 1.82) is 0 Å². The molecule has 0 aromatic heterocycles. The smallest absolute Gasteiger partial charge is 0.272 e. The van der Waals surface area contributed by atoms with Crippen LogP contribution in [-0.2, 0) is 9.59 Å². The third-order valence-electron chi connectivity index (χ3n) is 5.37. The SMILES string of the molecule is Cc1cc(OCCC(=O)N2CCN(C(=O)CCOc3ccccc3O)CC2)ccc1[N+](=O)[O-]. The van der Waals surface area contributed by atoms with Crippen LogP contribution >= 0.6 is 0 Å². The predicted octanol–water partition coefficient (Wildman–Crippen LogP) is 2.52. The van der Waals surface area contributed by atoms with Crippen LogP contribution in [0.15, 0.2) is 42.5 Å². The Hall–Kier alpha value is -3.82. The molecule has 10 nitrogen and oxygen atoms in total. The Balaban J connectivity index is 1.35. The summed E-state index contributed by atoms with van der Waals surface area (Å²) in [6, 6.07) is 11.1. The first-order valence-corrected chi connectivity index (χ1v) is 10.7. The van der Waals surface area contributed by atoms with Crippen molar-refractivity contribution in [1.82, 2.24) is 9.80 Å². The van der Waals surface area contributed by atoms with Crippen LogP contribution in [0.5, 0.6) is 17.2 Å². The first-order valence-electron chi connectivity index (χ1n) is 10.7. The minimum Gasteiger partial charge on any atom is -0.504 e. The van der Waals surface area contributed by atoms with E-state index >= 15 is 0 Å². The summed E-state index contributed by atoms with van der Waals surface area (Å²) in [7, 11) is 0. The number of carbonyl (C=O) groups excluding carboxylic acids is 2. The van der Waals surface area contributed by atoms with Gasteiger partial charge < -0.3 is 24.4 Å². The fourth-order valence-corrected chi connectivity index (χ4v) is 3.53. The molecule has 0 aliphatic carbocycles. The summed E-state index contributed by atoms with van der Waals surface area (Å²) in [4.78, 5) is 38.7. The number of ether oxygens (including phenoxy) is 2. The molecule has 1 aliphatic rings. The van der Waals surface area contributed by atoms with Crippen molar-refractivity contribution in [3.63, 3.8) is 0 Å². The summed E-state index contributed by atoms with van der Waals surface area (Å²) in [5, 5.41) is 20.6. The monoisotopic (exact) mass is 457 g/mol. The van der Waals surface area contributed by atoms with Gasteiger partial charge in [0, 0.05) is 37.8 Å². The number of phenolic OH excluding ortho intramolecular Hbond substituents is 1. The third kappa shape index (κ3) is 6.58. The molecule has 1 aliphatic heterocycles. The molecule has 0 bridgehead atoms. The largest absolute Gasteiger partial charge is 0.504 e. The quantitative estimate of drug-likeness (QED) is 0.453. The molecule has 1 heterocycles. The van der Waals surface area contributed by atoms with Gasteiger partial charge in [0.15, 0.2) is 11.5 Å². The van der Waals surface area contributed by atoms with Crippen molar-refractivity contribution in [2.75, 3.05) is 39.4 Å². The standard InChI is InChI=1S/C23H27N3O7/c1-17-16-18(6-7-19(17)26(30)31)32-14-8-22(28)24-10-12-25(13-11-24)23(29)9-15-33-21-5-3-2-4-20(21)27/h2-7,16,27H,8-15H2,1H3. The van der Waals surface area contributed by atoms with Gasteiger partial charge in [0.1, 0.15) is 5.75 Å². The molecule has 0 saturated carbocycles. The number of nitro benzene ring substituents is 1. The topological polar surface area (TPSA) is 122 Å². The number of nitro groups is 1. The van der Waals surface area contributed by atoms with Crippen molar-refractivity contribution in [3.8, 4) is 17.2 Å². The lowest BCUT2D eigenvalue weighted by Crippen LogP contribution is -2.51. The van der Waals surface area contributed by atoms with Crippen LogP contribution in [0.25, 0.3) is 0 Å². The molecular weight excluding hydrogens is 430 g/mol. The zero-order chi connectivity index (χ0) is 23.8. The van der Waals surface area contributed by atoms with Crippen molar-refractivity contribution < 1.29 is 29.1 Å². The van der Waals surface area contributed by atoms with Crippen LogP contribution in [0.1, 0.15) is 18.4 Å². The molecule has 1 fully saturated rings. The van der Waals surface area contributed by atoms with Gasteiger partial charge in [0.05, 0.1) is 31.0 Å². The molecule has 0 atom stereocenters. The highest BCUT2D eigenvalue weighted by Crippen LogP contribution is 2.25. The Bertz CT molecular complexity index is 1000. The number of benzene rings is 2. The molecule has 0 unspecified atom stereocenters. The Kier molecular flexibility index (Phi) is 8.06. The first kappa shape index (κ1) is 23.8. The van der Waals surface area contributed by atoms with E-state index in [1.807, 2.05) is 0 Å². The lowest BCUT2D eigenvalue weighted by atomic mass is 10.2. The Morgan fingerprint density at radius 3 is 2.09 bits per heavy atom. The van der Waals surface area contributed by atoms with Gasteiger partial charge in [-0.05, 0) is 31.2 Å². The first-order chi connectivity index (χ1) is 15.8. The van der Waals surface area contributed by atoms with Gasteiger partial charge in [-0.2, -0.15) is 0 Å². The van der Waals surface area contributed by atoms with E-state index in [0.717, 1.165) is 0 Å². The van der Waals surface area contributed by atoms with Crippen molar-refractivity contribution in [2.45, 2.75) is 19.8 Å². The van der Waals surface area contributed by atoms with Crippen molar-refractivity contribution in [3.05, 3.63) is 58.1 Å². The molecule has 33 heavy (non-hydrogen) atoms. The number of aromatic hydroxyl groups is 1. The van der Waals surface area contributed by atoms with Gasteiger partial charge in [0.2, 0.25) is 11.8 Å². The summed E-state index contributed by atoms with van der Waals surface area (Å²) in [5.74, 6) is 0.724. The number of aryl methyl sites for hydroxylation is 1.